The Morgan fingerprint density at radius 2 is 1.86 bits per heavy atom. The summed E-state index contributed by atoms with van der Waals surface area (Å²) in [6.45, 7) is 6.67. The van der Waals surface area contributed by atoms with Crippen LogP contribution in [0.4, 0.5) is 4.79 Å². The summed E-state index contributed by atoms with van der Waals surface area (Å²) < 4.78 is 10.2. The average molecular weight is 388 g/mol. The topological polar surface area (TPSA) is 76.2 Å². The largest absolute Gasteiger partial charge is 0.465 e. The van der Waals surface area contributed by atoms with E-state index in [2.05, 4.69) is 0 Å². The molecule has 0 unspecified atom stereocenters. The van der Waals surface area contributed by atoms with Crippen molar-refractivity contribution in [2.75, 3.05) is 26.7 Å². The van der Waals surface area contributed by atoms with Gasteiger partial charge >= 0.3 is 12.1 Å². The van der Waals surface area contributed by atoms with Crippen LogP contribution in [0.3, 0.4) is 0 Å². The highest BCUT2D eigenvalue weighted by molar-refractivity contribution is 5.89. The van der Waals surface area contributed by atoms with Crippen molar-refractivity contribution in [2.45, 2.75) is 51.2 Å². The number of methoxy groups -OCH3 is 1. The smallest absolute Gasteiger partial charge is 0.411 e. The van der Waals surface area contributed by atoms with Gasteiger partial charge < -0.3 is 14.4 Å². The van der Waals surface area contributed by atoms with E-state index < -0.39 is 11.7 Å². The molecule has 2 amide bonds. The Balaban J connectivity index is 1.56. The number of nitrogens with zero attached hydrogens (tertiary/aromatic N) is 2. The van der Waals surface area contributed by atoms with Crippen molar-refractivity contribution < 1.29 is 23.9 Å². The van der Waals surface area contributed by atoms with Crippen LogP contribution in [0.25, 0.3) is 0 Å². The van der Waals surface area contributed by atoms with Crippen molar-refractivity contribution in [1.29, 1.82) is 0 Å². The standard InChI is InChI=1S/C21H28N2O5/c1-21(2,3)28-20(26)23(17-8-9-17)13-18(24)22-11-16(12-22)14-6-5-7-15(10-14)19(25)27-4/h5-7,10,16-17H,8-9,11-13H2,1-4H3. The third kappa shape index (κ3) is 4.82. The lowest BCUT2D eigenvalue weighted by Gasteiger charge is -2.40. The first-order valence-electron chi connectivity index (χ1n) is 9.63. The molecule has 1 aromatic carbocycles. The van der Waals surface area contributed by atoms with Crippen LogP contribution in [0, 0.1) is 0 Å². The summed E-state index contributed by atoms with van der Waals surface area (Å²) in [5.41, 5.74) is 0.938. The SMILES string of the molecule is COC(=O)c1cccc(C2CN(C(=O)CN(C(=O)OC(C)(C)C)C3CC3)C2)c1. The highest BCUT2D eigenvalue weighted by Gasteiger charge is 2.39. The van der Waals surface area contributed by atoms with Gasteiger partial charge in [0.15, 0.2) is 0 Å². The molecule has 1 saturated heterocycles. The van der Waals surface area contributed by atoms with Crippen molar-refractivity contribution in [2.24, 2.45) is 0 Å². The molecule has 0 bridgehead atoms. The van der Waals surface area contributed by atoms with Crippen LogP contribution < -0.4 is 0 Å². The van der Waals surface area contributed by atoms with Crippen LogP contribution in [0.2, 0.25) is 0 Å². The number of benzene rings is 1. The number of ether oxygens (including phenoxy) is 2. The van der Waals surface area contributed by atoms with Gasteiger partial charge in [-0.15, -0.1) is 0 Å². The summed E-state index contributed by atoms with van der Waals surface area (Å²) in [5.74, 6) is -0.255. The van der Waals surface area contributed by atoms with Crippen molar-refractivity contribution in [3.8, 4) is 0 Å². The van der Waals surface area contributed by atoms with Gasteiger partial charge in [0.25, 0.3) is 0 Å². The predicted molar refractivity (Wildman–Crippen MR) is 103 cm³/mol. The lowest BCUT2D eigenvalue weighted by Crippen LogP contribution is -2.53. The summed E-state index contributed by atoms with van der Waals surface area (Å²) in [5, 5.41) is 0. The van der Waals surface area contributed by atoms with E-state index in [1.165, 1.54) is 7.11 Å². The summed E-state index contributed by atoms with van der Waals surface area (Å²) in [7, 11) is 1.36. The molecule has 1 heterocycles. The Labute approximate surface area is 165 Å². The zero-order valence-electron chi connectivity index (χ0n) is 16.9. The molecule has 0 spiro atoms. The number of likely N-dealkylation sites (tertiary alicyclic amines) is 1. The van der Waals surface area contributed by atoms with E-state index in [4.69, 9.17) is 9.47 Å². The van der Waals surface area contributed by atoms with Gasteiger partial charge in [-0.05, 0) is 51.3 Å². The normalized spacial score (nSPS) is 16.9. The van der Waals surface area contributed by atoms with Crippen LogP contribution in [0.15, 0.2) is 24.3 Å². The highest BCUT2D eigenvalue weighted by atomic mass is 16.6. The van der Waals surface area contributed by atoms with Crippen molar-refractivity contribution in [1.82, 2.24) is 9.80 Å². The second kappa shape index (κ2) is 7.81. The maximum atomic E-state index is 12.6. The van der Waals surface area contributed by atoms with Gasteiger partial charge in [0.1, 0.15) is 12.1 Å². The highest BCUT2D eigenvalue weighted by Crippen LogP contribution is 2.31. The van der Waals surface area contributed by atoms with Gasteiger partial charge in [-0.3, -0.25) is 9.69 Å². The van der Waals surface area contributed by atoms with E-state index >= 15 is 0 Å². The van der Waals surface area contributed by atoms with E-state index in [1.807, 2.05) is 39.0 Å². The Morgan fingerprint density at radius 1 is 1.18 bits per heavy atom. The van der Waals surface area contributed by atoms with Crippen LogP contribution in [0.1, 0.15) is 55.5 Å². The second-order valence-electron chi connectivity index (χ2n) is 8.45. The molecule has 28 heavy (non-hydrogen) atoms. The summed E-state index contributed by atoms with van der Waals surface area (Å²) in [4.78, 5) is 40.0. The zero-order valence-corrected chi connectivity index (χ0v) is 16.9. The molecule has 3 rings (SSSR count). The lowest BCUT2D eigenvalue weighted by molar-refractivity contribution is -0.137. The minimum Gasteiger partial charge on any atom is -0.465 e. The molecule has 0 N–H and O–H groups in total. The molecule has 0 atom stereocenters. The molecule has 1 aromatic rings. The number of esters is 1. The molecular formula is C21H28N2O5. The van der Waals surface area contributed by atoms with Gasteiger partial charge in [0.2, 0.25) is 5.91 Å². The van der Waals surface area contributed by atoms with Gasteiger partial charge in [-0.1, -0.05) is 12.1 Å². The monoisotopic (exact) mass is 388 g/mol. The van der Waals surface area contributed by atoms with Gasteiger partial charge in [-0.25, -0.2) is 9.59 Å². The van der Waals surface area contributed by atoms with Crippen molar-refractivity contribution in [3.63, 3.8) is 0 Å². The maximum Gasteiger partial charge on any atom is 0.411 e. The first-order valence-corrected chi connectivity index (χ1v) is 9.63. The number of hydrogen-bond donors (Lipinski definition) is 0. The molecule has 0 aromatic heterocycles. The Hall–Kier alpha value is -2.57. The fourth-order valence-corrected chi connectivity index (χ4v) is 3.23. The second-order valence-corrected chi connectivity index (χ2v) is 8.45. The molecular weight excluding hydrogens is 360 g/mol. The number of amides is 2. The molecule has 152 valence electrons. The molecule has 1 aliphatic carbocycles. The molecule has 7 heteroatoms. The average Bonchev–Trinajstić information content (AvgIpc) is 3.41. The first kappa shape index (κ1) is 20.2. The van der Waals surface area contributed by atoms with E-state index in [-0.39, 0.29) is 30.4 Å². The van der Waals surface area contributed by atoms with Crippen molar-refractivity contribution in [3.05, 3.63) is 35.4 Å². The summed E-state index contributed by atoms with van der Waals surface area (Å²) in [6.07, 6.45) is 1.40. The van der Waals surface area contributed by atoms with Gasteiger partial charge in [0, 0.05) is 25.0 Å². The van der Waals surface area contributed by atoms with E-state index in [9.17, 15) is 14.4 Å². The fraction of sp³-hybridized carbons (Fsp3) is 0.571. The summed E-state index contributed by atoms with van der Waals surface area (Å²) in [6, 6.07) is 7.41. The molecule has 1 aliphatic heterocycles. The Kier molecular flexibility index (Phi) is 5.63. The first-order chi connectivity index (χ1) is 13.2. The number of carbonyl (C=O) groups excluding carboxylic acids is 3. The van der Waals surface area contributed by atoms with E-state index in [1.54, 1.807) is 15.9 Å². The Bertz CT molecular complexity index is 760. The predicted octanol–water partition coefficient (Wildman–Crippen LogP) is 2.80. The molecule has 7 nitrogen and oxygen atoms in total. The quantitative estimate of drug-likeness (QED) is 0.725. The molecule has 2 aliphatic rings. The fourth-order valence-electron chi connectivity index (χ4n) is 3.23. The number of carbonyl (C=O) groups is 3. The Morgan fingerprint density at radius 3 is 2.43 bits per heavy atom. The zero-order chi connectivity index (χ0) is 20.5. The third-order valence-corrected chi connectivity index (χ3v) is 4.93. The lowest BCUT2D eigenvalue weighted by atomic mass is 9.90. The van der Waals surface area contributed by atoms with Crippen molar-refractivity contribution >= 4 is 18.0 Å². The maximum absolute atomic E-state index is 12.6. The molecule has 1 saturated carbocycles. The number of rotatable bonds is 5. The molecule has 2 fully saturated rings. The third-order valence-electron chi connectivity index (χ3n) is 4.93. The van der Waals surface area contributed by atoms with Crippen LogP contribution in [-0.4, -0.2) is 66.2 Å². The van der Waals surface area contributed by atoms with Crippen LogP contribution in [0.5, 0.6) is 0 Å². The van der Waals surface area contributed by atoms with Gasteiger partial charge in [-0.2, -0.15) is 0 Å². The van der Waals surface area contributed by atoms with Gasteiger partial charge in [0.05, 0.1) is 12.7 Å². The minimum atomic E-state index is -0.584. The van der Waals surface area contributed by atoms with E-state index in [0.717, 1.165) is 18.4 Å². The van der Waals surface area contributed by atoms with E-state index in [0.29, 0.717) is 18.7 Å². The minimum absolute atomic E-state index is 0.0501. The van der Waals surface area contributed by atoms with Crippen LogP contribution >= 0.6 is 0 Å². The summed E-state index contributed by atoms with van der Waals surface area (Å²) >= 11 is 0. The van der Waals surface area contributed by atoms with Crippen LogP contribution in [-0.2, 0) is 14.3 Å². The molecule has 0 radical (unpaired) electrons. The number of hydrogen-bond acceptors (Lipinski definition) is 5.